The van der Waals surface area contributed by atoms with Crippen LogP contribution in [0.5, 0.6) is 0 Å². The first-order valence-electron chi connectivity index (χ1n) is 5.10. The lowest BCUT2D eigenvalue weighted by molar-refractivity contribution is -0.120. The van der Waals surface area contributed by atoms with Crippen molar-refractivity contribution in [1.82, 2.24) is 15.2 Å². The normalized spacial score (nSPS) is 10.5. The maximum atomic E-state index is 11.5. The second kappa shape index (κ2) is 6.60. The van der Waals surface area contributed by atoms with Gasteiger partial charge in [0.15, 0.2) is 0 Å². The first-order chi connectivity index (χ1) is 7.58. The third kappa shape index (κ3) is 5.23. The van der Waals surface area contributed by atoms with Gasteiger partial charge in [0.05, 0.1) is 6.42 Å². The summed E-state index contributed by atoms with van der Waals surface area (Å²) in [5, 5.41) is 2.84. The molecule has 0 atom stereocenters. The van der Waals surface area contributed by atoms with Crippen molar-refractivity contribution in [3.8, 4) is 0 Å². The molecule has 0 unspecified atom stereocenters. The maximum absolute atomic E-state index is 11.5. The van der Waals surface area contributed by atoms with E-state index in [2.05, 4.69) is 26.2 Å². The molecule has 0 fully saturated rings. The van der Waals surface area contributed by atoms with Gasteiger partial charge < -0.3 is 10.2 Å². The first kappa shape index (κ1) is 13.1. The molecule has 0 spiro atoms. The summed E-state index contributed by atoms with van der Waals surface area (Å²) in [4.78, 5) is 17.7. The van der Waals surface area contributed by atoms with Crippen molar-refractivity contribution in [1.29, 1.82) is 0 Å². The molecule has 5 heteroatoms. The lowest BCUT2D eigenvalue weighted by Crippen LogP contribution is -2.32. The van der Waals surface area contributed by atoms with Crippen molar-refractivity contribution in [2.75, 3.05) is 27.2 Å². The number of hydrogen-bond acceptors (Lipinski definition) is 3. The van der Waals surface area contributed by atoms with Gasteiger partial charge in [-0.2, -0.15) is 0 Å². The number of hydrogen-bond donors (Lipinski definition) is 1. The molecule has 0 bridgehead atoms. The topological polar surface area (TPSA) is 45.2 Å². The van der Waals surface area contributed by atoms with E-state index in [0.717, 1.165) is 16.7 Å². The molecule has 0 aliphatic carbocycles. The summed E-state index contributed by atoms with van der Waals surface area (Å²) >= 11 is 3.30. The van der Waals surface area contributed by atoms with Crippen LogP contribution >= 0.6 is 15.9 Å². The molecule has 1 rings (SSSR count). The van der Waals surface area contributed by atoms with Crippen molar-refractivity contribution < 1.29 is 4.79 Å². The number of carbonyl (C=O) groups excluding carboxylic acids is 1. The lowest BCUT2D eigenvalue weighted by Gasteiger charge is -2.10. The molecule has 0 saturated heterocycles. The van der Waals surface area contributed by atoms with Gasteiger partial charge in [-0.05, 0) is 42.2 Å². The van der Waals surface area contributed by atoms with Crippen LogP contribution in [0.1, 0.15) is 5.69 Å². The molecule has 0 aliphatic rings. The Labute approximate surface area is 104 Å². The highest BCUT2D eigenvalue weighted by Crippen LogP contribution is 2.07. The first-order valence-corrected chi connectivity index (χ1v) is 5.89. The van der Waals surface area contributed by atoms with Crippen LogP contribution in [-0.4, -0.2) is 43.0 Å². The minimum atomic E-state index is 0.0108. The number of carbonyl (C=O) groups is 1. The predicted octanol–water partition coefficient (Wildman–Crippen LogP) is 1.06. The largest absolute Gasteiger partial charge is 0.354 e. The molecule has 0 saturated carbocycles. The van der Waals surface area contributed by atoms with Crippen LogP contribution in [0.2, 0.25) is 0 Å². The highest BCUT2D eigenvalue weighted by Gasteiger charge is 2.03. The fraction of sp³-hybridized carbons (Fsp3) is 0.455. The van der Waals surface area contributed by atoms with Gasteiger partial charge in [0.25, 0.3) is 0 Å². The zero-order valence-corrected chi connectivity index (χ0v) is 11.1. The smallest absolute Gasteiger partial charge is 0.226 e. The minimum Gasteiger partial charge on any atom is -0.354 e. The number of amides is 1. The molecule has 1 amide bonds. The summed E-state index contributed by atoms with van der Waals surface area (Å²) in [6, 6.07) is 3.73. The van der Waals surface area contributed by atoms with Crippen molar-refractivity contribution in [3.63, 3.8) is 0 Å². The maximum Gasteiger partial charge on any atom is 0.226 e. The molecule has 1 N–H and O–H groups in total. The Bertz CT molecular complexity index is 338. The van der Waals surface area contributed by atoms with Crippen LogP contribution in [0.15, 0.2) is 22.8 Å². The van der Waals surface area contributed by atoms with Crippen molar-refractivity contribution in [2.24, 2.45) is 0 Å². The third-order valence-electron chi connectivity index (χ3n) is 2.01. The van der Waals surface area contributed by atoms with Crippen LogP contribution in [0.3, 0.4) is 0 Å². The van der Waals surface area contributed by atoms with E-state index in [0.29, 0.717) is 13.0 Å². The Kier molecular flexibility index (Phi) is 5.42. The number of pyridine rings is 1. The zero-order chi connectivity index (χ0) is 12.0. The van der Waals surface area contributed by atoms with Crippen LogP contribution in [-0.2, 0) is 11.2 Å². The van der Waals surface area contributed by atoms with E-state index >= 15 is 0 Å². The van der Waals surface area contributed by atoms with E-state index in [-0.39, 0.29) is 5.91 Å². The number of rotatable bonds is 5. The van der Waals surface area contributed by atoms with E-state index in [1.54, 1.807) is 6.20 Å². The zero-order valence-electron chi connectivity index (χ0n) is 9.53. The molecule has 16 heavy (non-hydrogen) atoms. The van der Waals surface area contributed by atoms with Crippen LogP contribution in [0, 0.1) is 0 Å². The Morgan fingerprint density at radius 3 is 2.81 bits per heavy atom. The van der Waals surface area contributed by atoms with E-state index in [9.17, 15) is 4.79 Å². The second-order valence-corrected chi connectivity index (χ2v) is 4.71. The van der Waals surface area contributed by atoms with Crippen LogP contribution in [0.4, 0.5) is 0 Å². The predicted molar refractivity (Wildman–Crippen MR) is 67.2 cm³/mol. The molecular formula is C11H16BrN3O. The van der Waals surface area contributed by atoms with E-state index in [1.165, 1.54) is 0 Å². The van der Waals surface area contributed by atoms with E-state index < -0.39 is 0 Å². The van der Waals surface area contributed by atoms with Crippen LogP contribution < -0.4 is 5.32 Å². The average Bonchev–Trinajstić information content (AvgIpc) is 2.21. The van der Waals surface area contributed by atoms with Gasteiger partial charge in [0.1, 0.15) is 0 Å². The van der Waals surface area contributed by atoms with Gasteiger partial charge in [-0.15, -0.1) is 0 Å². The Morgan fingerprint density at radius 1 is 1.50 bits per heavy atom. The number of nitrogens with zero attached hydrogens (tertiary/aromatic N) is 2. The number of aromatic nitrogens is 1. The summed E-state index contributed by atoms with van der Waals surface area (Å²) < 4.78 is 0.921. The SMILES string of the molecule is CN(C)CCNC(=O)Cc1ccc(Br)cn1. The van der Waals surface area contributed by atoms with Gasteiger partial charge >= 0.3 is 0 Å². The summed E-state index contributed by atoms with van der Waals surface area (Å²) in [7, 11) is 3.95. The summed E-state index contributed by atoms with van der Waals surface area (Å²) in [6.45, 7) is 1.52. The summed E-state index contributed by atoms with van der Waals surface area (Å²) in [6.07, 6.45) is 2.03. The molecule has 1 aromatic heterocycles. The molecule has 0 radical (unpaired) electrons. The minimum absolute atomic E-state index is 0.0108. The highest BCUT2D eigenvalue weighted by atomic mass is 79.9. The fourth-order valence-electron chi connectivity index (χ4n) is 1.16. The number of nitrogens with one attached hydrogen (secondary N) is 1. The second-order valence-electron chi connectivity index (χ2n) is 3.80. The molecule has 1 aromatic rings. The Balaban J connectivity index is 2.31. The monoisotopic (exact) mass is 285 g/mol. The summed E-state index contributed by atoms with van der Waals surface area (Å²) in [5.74, 6) is 0.0108. The quantitative estimate of drug-likeness (QED) is 0.880. The fourth-order valence-corrected chi connectivity index (χ4v) is 1.39. The summed E-state index contributed by atoms with van der Waals surface area (Å²) in [5.41, 5.74) is 0.783. The number of halogens is 1. The van der Waals surface area contributed by atoms with Gasteiger partial charge in [-0.1, -0.05) is 0 Å². The molecular weight excluding hydrogens is 270 g/mol. The standard InChI is InChI=1S/C11H16BrN3O/c1-15(2)6-5-13-11(16)7-10-4-3-9(12)8-14-10/h3-4,8H,5-7H2,1-2H3,(H,13,16). The average molecular weight is 286 g/mol. The molecule has 1 heterocycles. The van der Waals surface area contributed by atoms with Crippen molar-refractivity contribution >= 4 is 21.8 Å². The highest BCUT2D eigenvalue weighted by molar-refractivity contribution is 9.10. The van der Waals surface area contributed by atoms with Gasteiger partial charge in [-0.3, -0.25) is 9.78 Å². The molecule has 0 aliphatic heterocycles. The van der Waals surface area contributed by atoms with E-state index in [1.807, 2.05) is 31.1 Å². The molecule has 88 valence electrons. The number of likely N-dealkylation sites (N-methyl/N-ethyl adjacent to an activating group) is 1. The van der Waals surface area contributed by atoms with Crippen molar-refractivity contribution in [2.45, 2.75) is 6.42 Å². The molecule has 0 aromatic carbocycles. The van der Waals surface area contributed by atoms with Gasteiger partial charge in [0.2, 0.25) is 5.91 Å². The van der Waals surface area contributed by atoms with Crippen molar-refractivity contribution in [3.05, 3.63) is 28.5 Å². The Hall–Kier alpha value is -0.940. The lowest BCUT2D eigenvalue weighted by atomic mass is 10.2. The molecule has 4 nitrogen and oxygen atoms in total. The third-order valence-corrected chi connectivity index (χ3v) is 2.48. The van der Waals surface area contributed by atoms with Gasteiger partial charge in [0, 0.05) is 29.5 Å². The Morgan fingerprint density at radius 2 is 2.25 bits per heavy atom. The van der Waals surface area contributed by atoms with Gasteiger partial charge in [-0.25, -0.2) is 0 Å². The van der Waals surface area contributed by atoms with Crippen LogP contribution in [0.25, 0.3) is 0 Å². The van der Waals surface area contributed by atoms with E-state index in [4.69, 9.17) is 0 Å².